The van der Waals surface area contributed by atoms with Crippen LogP contribution in [0.15, 0.2) is 18.2 Å². The van der Waals surface area contributed by atoms with E-state index in [9.17, 15) is 22.0 Å². The van der Waals surface area contributed by atoms with Gasteiger partial charge in [-0.1, -0.05) is 17.7 Å². The van der Waals surface area contributed by atoms with Crippen LogP contribution in [0.2, 0.25) is 5.02 Å². The fourth-order valence-corrected chi connectivity index (χ4v) is 2.19. The fraction of sp³-hybridized carbons (Fsp3) is 0.250. The molecule has 0 aliphatic rings. The molecule has 0 aliphatic heterocycles. The minimum absolute atomic E-state index is 0.00383. The van der Waals surface area contributed by atoms with Crippen molar-refractivity contribution in [1.29, 1.82) is 0 Å². The summed E-state index contributed by atoms with van der Waals surface area (Å²) in [6.07, 6.45) is -7.71. The van der Waals surface area contributed by atoms with Crippen LogP contribution < -0.4 is 0 Å². The first-order chi connectivity index (χ1) is 9.24. The Morgan fingerprint density at radius 1 is 1.30 bits per heavy atom. The molecule has 0 saturated carbocycles. The summed E-state index contributed by atoms with van der Waals surface area (Å²) in [5, 5.41) is -0.111. The number of halogens is 6. The van der Waals surface area contributed by atoms with Gasteiger partial charge in [0, 0.05) is 10.9 Å². The standard InChI is InChI=1S/C12H6ClF5N2/c1-19-7-2-3-8-6(10(7)13)4-9(11(14)15)20(8)5-12(16,17)18/h2-4,11H,5H2. The number of hydrogen-bond donors (Lipinski definition) is 0. The van der Waals surface area contributed by atoms with E-state index in [0.29, 0.717) is 4.57 Å². The van der Waals surface area contributed by atoms with Gasteiger partial charge in [0.25, 0.3) is 6.43 Å². The molecule has 2 nitrogen and oxygen atoms in total. The van der Waals surface area contributed by atoms with E-state index in [1.54, 1.807) is 0 Å². The van der Waals surface area contributed by atoms with Crippen LogP contribution in [0.5, 0.6) is 0 Å². The number of aromatic nitrogens is 1. The highest BCUT2D eigenvalue weighted by Gasteiger charge is 2.31. The second-order valence-corrected chi connectivity index (χ2v) is 4.39. The van der Waals surface area contributed by atoms with Crippen molar-refractivity contribution in [2.75, 3.05) is 0 Å². The molecule has 0 fully saturated rings. The number of fused-ring (bicyclic) bond motifs is 1. The summed E-state index contributed by atoms with van der Waals surface area (Å²) in [4.78, 5) is 3.08. The monoisotopic (exact) mass is 308 g/mol. The zero-order valence-corrected chi connectivity index (χ0v) is 10.4. The largest absolute Gasteiger partial charge is 0.406 e. The van der Waals surface area contributed by atoms with Crippen LogP contribution in [0.3, 0.4) is 0 Å². The minimum Gasteiger partial charge on any atom is -0.331 e. The first kappa shape index (κ1) is 14.6. The average molecular weight is 309 g/mol. The van der Waals surface area contributed by atoms with Crippen LogP contribution in [0.4, 0.5) is 27.6 Å². The van der Waals surface area contributed by atoms with Crippen molar-refractivity contribution in [3.8, 4) is 0 Å². The van der Waals surface area contributed by atoms with Crippen molar-refractivity contribution in [3.63, 3.8) is 0 Å². The Morgan fingerprint density at radius 2 is 1.95 bits per heavy atom. The Hall–Kier alpha value is -1.81. The van der Waals surface area contributed by atoms with Gasteiger partial charge in [-0.15, -0.1) is 0 Å². The number of rotatable bonds is 2. The lowest BCUT2D eigenvalue weighted by atomic mass is 10.2. The molecule has 0 amide bonds. The predicted octanol–water partition coefficient (Wildman–Crippen LogP) is 5.35. The van der Waals surface area contributed by atoms with Crippen molar-refractivity contribution in [2.24, 2.45) is 0 Å². The second-order valence-electron chi connectivity index (χ2n) is 4.01. The molecule has 8 heteroatoms. The quantitative estimate of drug-likeness (QED) is 0.523. The lowest BCUT2D eigenvalue weighted by Gasteiger charge is -2.13. The van der Waals surface area contributed by atoms with Gasteiger partial charge >= 0.3 is 6.18 Å². The molecular weight excluding hydrogens is 303 g/mol. The van der Waals surface area contributed by atoms with E-state index in [1.807, 2.05) is 0 Å². The van der Waals surface area contributed by atoms with Gasteiger partial charge in [-0.3, -0.25) is 0 Å². The number of nitrogens with zero attached hydrogens (tertiary/aromatic N) is 2. The molecular formula is C12H6ClF5N2. The van der Waals surface area contributed by atoms with Crippen LogP contribution >= 0.6 is 11.6 Å². The summed E-state index contributed by atoms with van der Waals surface area (Å²) >= 11 is 5.85. The molecule has 20 heavy (non-hydrogen) atoms. The lowest BCUT2D eigenvalue weighted by molar-refractivity contribution is -0.140. The van der Waals surface area contributed by atoms with Gasteiger partial charge in [0.1, 0.15) is 6.54 Å². The molecule has 2 aromatic rings. The summed E-state index contributed by atoms with van der Waals surface area (Å²) in [5.41, 5.74) is -0.847. The maximum absolute atomic E-state index is 12.9. The molecule has 1 aromatic heterocycles. The zero-order chi connectivity index (χ0) is 15.1. The van der Waals surface area contributed by atoms with E-state index in [-0.39, 0.29) is 21.6 Å². The Bertz CT molecular complexity index is 696. The van der Waals surface area contributed by atoms with Gasteiger partial charge in [-0.25, -0.2) is 13.6 Å². The predicted molar refractivity (Wildman–Crippen MR) is 64.2 cm³/mol. The summed E-state index contributed by atoms with van der Waals surface area (Å²) in [6.45, 7) is 5.32. The van der Waals surface area contributed by atoms with Crippen LogP contribution in [0, 0.1) is 6.57 Å². The lowest BCUT2D eigenvalue weighted by Crippen LogP contribution is -2.19. The minimum atomic E-state index is -4.64. The maximum atomic E-state index is 12.9. The van der Waals surface area contributed by atoms with Gasteiger partial charge in [-0.2, -0.15) is 13.2 Å². The van der Waals surface area contributed by atoms with Gasteiger partial charge in [-0.05, 0) is 12.1 Å². The number of benzene rings is 1. The third-order valence-corrected chi connectivity index (χ3v) is 3.11. The first-order valence-electron chi connectivity index (χ1n) is 5.28. The Balaban J connectivity index is 2.74. The highest BCUT2D eigenvalue weighted by molar-refractivity contribution is 6.38. The molecule has 106 valence electrons. The highest BCUT2D eigenvalue weighted by atomic mass is 35.5. The number of alkyl halides is 5. The van der Waals surface area contributed by atoms with Gasteiger partial charge in [0.2, 0.25) is 5.69 Å². The van der Waals surface area contributed by atoms with E-state index in [4.69, 9.17) is 18.2 Å². The van der Waals surface area contributed by atoms with Gasteiger partial charge in [0.05, 0.1) is 17.3 Å². The van der Waals surface area contributed by atoms with E-state index in [1.165, 1.54) is 12.1 Å². The Kier molecular flexibility index (Phi) is 3.61. The molecule has 0 spiro atoms. The summed E-state index contributed by atoms with van der Waals surface area (Å²) in [5.74, 6) is 0. The molecule has 2 rings (SSSR count). The summed E-state index contributed by atoms with van der Waals surface area (Å²) in [7, 11) is 0. The van der Waals surface area contributed by atoms with E-state index in [0.717, 1.165) is 6.07 Å². The third-order valence-electron chi connectivity index (χ3n) is 2.71. The maximum Gasteiger partial charge on any atom is 0.406 e. The SMILES string of the molecule is [C-]#[N+]c1ccc2c(cc(C(F)F)n2CC(F)(F)F)c1Cl. The molecule has 0 saturated heterocycles. The smallest absolute Gasteiger partial charge is 0.331 e. The summed E-state index contributed by atoms with van der Waals surface area (Å²) in [6, 6.07) is 3.29. The molecule has 1 heterocycles. The molecule has 0 radical (unpaired) electrons. The zero-order valence-electron chi connectivity index (χ0n) is 9.68. The van der Waals surface area contributed by atoms with Crippen molar-refractivity contribution in [3.05, 3.63) is 40.3 Å². The topological polar surface area (TPSA) is 9.29 Å². The fourth-order valence-electron chi connectivity index (χ4n) is 1.93. The first-order valence-corrected chi connectivity index (χ1v) is 5.66. The van der Waals surface area contributed by atoms with E-state index >= 15 is 0 Å². The van der Waals surface area contributed by atoms with Crippen LogP contribution in [-0.4, -0.2) is 10.7 Å². The highest BCUT2D eigenvalue weighted by Crippen LogP contribution is 2.38. The molecule has 0 aliphatic carbocycles. The molecule has 1 aromatic carbocycles. The van der Waals surface area contributed by atoms with Gasteiger partial charge in [0.15, 0.2) is 0 Å². The van der Waals surface area contributed by atoms with Crippen molar-refractivity contribution >= 4 is 28.2 Å². The summed E-state index contributed by atoms with van der Waals surface area (Å²) < 4.78 is 63.7. The molecule has 0 bridgehead atoms. The molecule has 0 N–H and O–H groups in total. The number of hydrogen-bond acceptors (Lipinski definition) is 0. The second kappa shape index (κ2) is 4.94. The Morgan fingerprint density at radius 3 is 2.45 bits per heavy atom. The van der Waals surface area contributed by atoms with E-state index in [2.05, 4.69) is 4.85 Å². The van der Waals surface area contributed by atoms with Crippen molar-refractivity contribution < 1.29 is 22.0 Å². The van der Waals surface area contributed by atoms with E-state index < -0.39 is 24.8 Å². The van der Waals surface area contributed by atoms with Crippen LogP contribution in [0.1, 0.15) is 12.1 Å². The Labute approximate surface area is 115 Å². The van der Waals surface area contributed by atoms with Crippen molar-refractivity contribution in [1.82, 2.24) is 4.57 Å². The van der Waals surface area contributed by atoms with Gasteiger partial charge < -0.3 is 4.57 Å². The normalized spacial score (nSPS) is 12.1. The average Bonchev–Trinajstić information content (AvgIpc) is 2.67. The van der Waals surface area contributed by atoms with Crippen LogP contribution in [0.25, 0.3) is 15.7 Å². The van der Waals surface area contributed by atoms with Crippen LogP contribution in [-0.2, 0) is 6.54 Å². The van der Waals surface area contributed by atoms with Crippen molar-refractivity contribution in [2.45, 2.75) is 19.1 Å². The molecule has 0 unspecified atom stereocenters. The molecule has 0 atom stereocenters. The third kappa shape index (κ3) is 2.56.